The second-order valence-corrected chi connectivity index (χ2v) is 5.56. The number of hydrogen-bond acceptors (Lipinski definition) is 3. The normalized spacial score (nSPS) is 13.2. The number of carbonyl (C=O) groups is 1. The molecule has 0 aliphatic carbocycles. The Morgan fingerprint density at radius 2 is 1.95 bits per heavy atom. The Morgan fingerprint density at radius 3 is 2.40 bits per heavy atom. The van der Waals surface area contributed by atoms with Crippen molar-refractivity contribution in [2.45, 2.75) is 45.8 Å². The summed E-state index contributed by atoms with van der Waals surface area (Å²) in [6.07, 6.45) is -3.22. The van der Waals surface area contributed by atoms with Gasteiger partial charge in [-0.3, -0.25) is 5.32 Å². The molecule has 1 aromatic rings. The molecule has 3 N–H and O–H groups in total. The molecule has 6 heteroatoms. The van der Waals surface area contributed by atoms with Crippen LogP contribution in [0.2, 0.25) is 0 Å². The predicted octanol–water partition coefficient (Wildman–Crippen LogP) is 3.61. The number of benzene rings is 1. The molecule has 0 aliphatic rings. The summed E-state index contributed by atoms with van der Waals surface area (Å²) in [4.78, 5) is 11.6. The molecule has 0 aromatic heterocycles. The summed E-state index contributed by atoms with van der Waals surface area (Å²) in [7, 11) is 0. The summed E-state index contributed by atoms with van der Waals surface area (Å²) in [6.45, 7) is 6.97. The number of halogens is 2. The van der Waals surface area contributed by atoms with Crippen LogP contribution in [0, 0.1) is 6.92 Å². The number of nitrogens with two attached hydrogens (primary N) is 1. The Morgan fingerprint density at radius 1 is 1.35 bits per heavy atom. The van der Waals surface area contributed by atoms with Gasteiger partial charge in [0.15, 0.2) is 0 Å². The van der Waals surface area contributed by atoms with E-state index in [4.69, 9.17) is 10.5 Å². The van der Waals surface area contributed by atoms with Gasteiger partial charge >= 0.3 is 6.09 Å². The Balaban J connectivity index is 2.81. The van der Waals surface area contributed by atoms with Gasteiger partial charge in [0.25, 0.3) is 6.43 Å². The molecule has 0 aliphatic heterocycles. The summed E-state index contributed by atoms with van der Waals surface area (Å²) < 4.78 is 30.2. The van der Waals surface area contributed by atoms with E-state index in [9.17, 15) is 13.6 Å². The van der Waals surface area contributed by atoms with Crippen molar-refractivity contribution < 1.29 is 18.3 Å². The van der Waals surface area contributed by atoms with Gasteiger partial charge in [-0.1, -0.05) is 12.1 Å². The van der Waals surface area contributed by atoms with Crippen LogP contribution in [0.3, 0.4) is 0 Å². The smallest absolute Gasteiger partial charge is 0.412 e. The van der Waals surface area contributed by atoms with Gasteiger partial charge < -0.3 is 10.5 Å². The molecule has 1 amide bonds. The molecule has 1 rings (SSSR count). The van der Waals surface area contributed by atoms with Gasteiger partial charge in [-0.25, -0.2) is 13.6 Å². The lowest BCUT2D eigenvalue weighted by Crippen LogP contribution is -2.27. The van der Waals surface area contributed by atoms with Crippen molar-refractivity contribution in [3.05, 3.63) is 29.3 Å². The minimum absolute atomic E-state index is 0.326. The predicted molar refractivity (Wildman–Crippen MR) is 74.0 cm³/mol. The Hall–Kier alpha value is -1.69. The van der Waals surface area contributed by atoms with E-state index in [-0.39, 0.29) is 0 Å². The topological polar surface area (TPSA) is 64.3 Å². The minimum Gasteiger partial charge on any atom is -0.444 e. The first kappa shape index (κ1) is 16.4. The number of nitrogens with one attached hydrogen (secondary N) is 1. The molecule has 0 heterocycles. The molecular weight excluding hydrogens is 266 g/mol. The van der Waals surface area contributed by atoms with Crippen LogP contribution in [0.15, 0.2) is 18.2 Å². The molecule has 1 aromatic carbocycles. The number of aryl methyl sites for hydroxylation is 1. The van der Waals surface area contributed by atoms with E-state index in [0.29, 0.717) is 16.8 Å². The van der Waals surface area contributed by atoms with Gasteiger partial charge in [-0.2, -0.15) is 0 Å². The van der Waals surface area contributed by atoms with Gasteiger partial charge in [-0.05, 0) is 44.9 Å². The molecule has 20 heavy (non-hydrogen) atoms. The second kappa shape index (κ2) is 6.17. The third-order valence-corrected chi connectivity index (χ3v) is 2.54. The van der Waals surface area contributed by atoms with Crippen LogP contribution in [0.25, 0.3) is 0 Å². The van der Waals surface area contributed by atoms with Crippen molar-refractivity contribution in [1.82, 2.24) is 0 Å². The molecule has 112 valence electrons. The van der Waals surface area contributed by atoms with Crippen molar-refractivity contribution in [2.24, 2.45) is 5.73 Å². The Labute approximate surface area is 117 Å². The first-order valence-corrected chi connectivity index (χ1v) is 6.24. The van der Waals surface area contributed by atoms with Crippen LogP contribution < -0.4 is 11.1 Å². The SMILES string of the molecule is Cc1cc(C(N)C(F)F)ccc1NC(=O)OC(C)(C)C. The second-order valence-electron chi connectivity index (χ2n) is 5.56. The number of carbonyl (C=O) groups excluding carboxylic acids is 1. The quantitative estimate of drug-likeness (QED) is 0.892. The van der Waals surface area contributed by atoms with Crippen LogP contribution in [-0.4, -0.2) is 18.1 Å². The maximum absolute atomic E-state index is 12.5. The van der Waals surface area contributed by atoms with E-state index in [1.165, 1.54) is 18.2 Å². The van der Waals surface area contributed by atoms with Gasteiger partial charge in [-0.15, -0.1) is 0 Å². The Bertz CT molecular complexity index is 485. The molecular formula is C14H20F2N2O2. The average molecular weight is 286 g/mol. The zero-order valence-electron chi connectivity index (χ0n) is 12.0. The van der Waals surface area contributed by atoms with Crippen molar-refractivity contribution >= 4 is 11.8 Å². The minimum atomic E-state index is -2.63. The lowest BCUT2D eigenvalue weighted by atomic mass is 10.0. The Kier molecular flexibility index (Phi) is 5.05. The van der Waals surface area contributed by atoms with Crippen LogP contribution in [-0.2, 0) is 4.74 Å². The highest BCUT2D eigenvalue weighted by molar-refractivity contribution is 5.85. The van der Waals surface area contributed by atoms with Crippen molar-refractivity contribution in [3.8, 4) is 0 Å². The summed E-state index contributed by atoms with van der Waals surface area (Å²) in [5.41, 5.74) is 6.25. The van der Waals surface area contributed by atoms with Crippen LogP contribution in [0.4, 0.5) is 19.3 Å². The van der Waals surface area contributed by atoms with Gasteiger partial charge in [0.2, 0.25) is 0 Å². The monoisotopic (exact) mass is 286 g/mol. The highest BCUT2D eigenvalue weighted by Crippen LogP contribution is 2.23. The summed E-state index contributed by atoms with van der Waals surface area (Å²) >= 11 is 0. The summed E-state index contributed by atoms with van der Waals surface area (Å²) in [5, 5.41) is 2.57. The molecule has 4 nitrogen and oxygen atoms in total. The van der Waals surface area contributed by atoms with Gasteiger partial charge in [0, 0.05) is 5.69 Å². The van der Waals surface area contributed by atoms with E-state index in [2.05, 4.69) is 5.32 Å². The zero-order chi connectivity index (χ0) is 15.5. The molecule has 0 spiro atoms. The van der Waals surface area contributed by atoms with Gasteiger partial charge in [0.1, 0.15) is 5.60 Å². The standard InChI is InChI=1S/C14H20F2N2O2/c1-8-7-9(11(17)12(15)16)5-6-10(8)18-13(19)20-14(2,3)4/h5-7,11-12H,17H2,1-4H3,(H,18,19). The largest absolute Gasteiger partial charge is 0.444 e. The number of alkyl halides is 2. The van der Waals surface area contributed by atoms with Crippen LogP contribution in [0.1, 0.15) is 37.9 Å². The molecule has 0 fully saturated rings. The number of ether oxygens (including phenoxy) is 1. The number of rotatable bonds is 3. The van der Waals surface area contributed by atoms with E-state index in [1.54, 1.807) is 27.7 Å². The molecule has 0 bridgehead atoms. The fourth-order valence-corrected chi connectivity index (χ4v) is 1.59. The van der Waals surface area contributed by atoms with Crippen molar-refractivity contribution in [3.63, 3.8) is 0 Å². The van der Waals surface area contributed by atoms with E-state index < -0.39 is 24.2 Å². The highest BCUT2D eigenvalue weighted by atomic mass is 19.3. The van der Waals surface area contributed by atoms with E-state index >= 15 is 0 Å². The van der Waals surface area contributed by atoms with E-state index in [0.717, 1.165) is 0 Å². The molecule has 0 saturated carbocycles. The van der Waals surface area contributed by atoms with E-state index in [1.807, 2.05) is 0 Å². The highest BCUT2D eigenvalue weighted by Gasteiger charge is 2.19. The van der Waals surface area contributed by atoms with Crippen LogP contribution >= 0.6 is 0 Å². The van der Waals surface area contributed by atoms with Crippen molar-refractivity contribution in [2.75, 3.05) is 5.32 Å². The molecule has 1 unspecified atom stereocenters. The number of hydrogen-bond donors (Lipinski definition) is 2. The first-order chi connectivity index (χ1) is 9.10. The summed E-state index contributed by atoms with van der Waals surface area (Å²) in [5.74, 6) is 0. The lowest BCUT2D eigenvalue weighted by molar-refractivity contribution is 0.0635. The third kappa shape index (κ3) is 4.77. The molecule has 0 radical (unpaired) electrons. The summed E-state index contributed by atoms with van der Waals surface area (Å²) in [6, 6.07) is 3.21. The lowest BCUT2D eigenvalue weighted by Gasteiger charge is -2.20. The zero-order valence-corrected chi connectivity index (χ0v) is 12.0. The first-order valence-electron chi connectivity index (χ1n) is 6.24. The number of anilines is 1. The maximum atomic E-state index is 12.5. The van der Waals surface area contributed by atoms with Gasteiger partial charge in [0.05, 0.1) is 6.04 Å². The van der Waals surface area contributed by atoms with Crippen LogP contribution in [0.5, 0.6) is 0 Å². The average Bonchev–Trinajstić information content (AvgIpc) is 2.28. The van der Waals surface area contributed by atoms with Crippen molar-refractivity contribution in [1.29, 1.82) is 0 Å². The third-order valence-electron chi connectivity index (χ3n) is 2.54. The fraction of sp³-hybridized carbons (Fsp3) is 0.500. The molecule has 1 atom stereocenters. The fourth-order valence-electron chi connectivity index (χ4n) is 1.59. The number of amides is 1. The maximum Gasteiger partial charge on any atom is 0.412 e. The molecule has 0 saturated heterocycles.